The van der Waals surface area contributed by atoms with Gasteiger partial charge in [0.2, 0.25) is 5.89 Å². The molecule has 0 radical (unpaired) electrons. The van der Waals surface area contributed by atoms with Crippen LogP contribution in [0.4, 0.5) is 0 Å². The molecule has 2 aromatic carbocycles. The van der Waals surface area contributed by atoms with Crippen LogP contribution in [0.1, 0.15) is 11.5 Å². The lowest BCUT2D eigenvalue weighted by molar-refractivity contribution is 0.512. The maximum absolute atomic E-state index is 12.6. The summed E-state index contributed by atoms with van der Waals surface area (Å²) in [6, 6.07) is 14.1. The van der Waals surface area contributed by atoms with E-state index < -0.39 is 10.2 Å². The van der Waals surface area contributed by atoms with Crippen LogP contribution in [-0.2, 0) is 10.2 Å². The SMILES string of the molecule is CN(C)S(=O)(=O)n1cc(/C=C/c2nc(=O)c3ccccc3o2)c2ccccc21. The Morgan fingerprint density at radius 3 is 2.43 bits per heavy atom. The first-order valence-corrected chi connectivity index (χ1v) is 9.89. The third-order valence-electron chi connectivity index (χ3n) is 4.37. The highest BCUT2D eigenvalue weighted by atomic mass is 32.2. The monoisotopic (exact) mass is 395 g/mol. The van der Waals surface area contributed by atoms with Gasteiger partial charge in [0.1, 0.15) is 5.58 Å². The molecule has 0 saturated heterocycles. The van der Waals surface area contributed by atoms with Crippen molar-refractivity contribution in [2.45, 2.75) is 0 Å². The first kappa shape index (κ1) is 18.1. The van der Waals surface area contributed by atoms with Crippen molar-refractivity contribution in [2.75, 3.05) is 14.1 Å². The van der Waals surface area contributed by atoms with Crippen molar-refractivity contribution >= 4 is 44.2 Å². The molecular formula is C20H17N3O4S. The van der Waals surface area contributed by atoms with E-state index in [1.165, 1.54) is 24.3 Å². The third-order valence-corrected chi connectivity index (χ3v) is 6.09. The quantitative estimate of drug-likeness (QED) is 0.530. The van der Waals surface area contributed by atoms with Crippen molar-refractivity contribution < 1.29 is 12.8 Å². The van der Waals surface area contributed by atoms with E-state index in [2.05, 4.69) is 4.98 Å². The second-order valence-corrected chi connectivity index (χ2v) is 8.39. The number of para-hydroxylation sites is 2. The molecule has 0 fully saturated rings. The van der Waals surface area contributed by atoms with Gasteiger partial charge in [-0.05, 0) is 24.3 Å². The van der Waals surface area contributed by atoms with Crippen molar-refractivity contribution in [3.63, 3.8) is 0 Å². The van der Waals surface area contributed by atoms with Gasteiger partial charge in [0.15, 0.2) is 0 Å². The Hall–Kier alpha value is -3.23. The summed E-state index contributed by atoms with van der Waals surface area (Å²) in [7, 11) is -0.715. The second-order valence-electron chi connectivity index (χ2n) is 6.37. The molecule has 0 aliphatic rings. The van der Waals surface area contributed by atoms with Crippen molar-refractivity contribution in [1.82, 2.24) is 13.3 Å². The van der Waals surface area contributed by atoms with Gasteiger partial charge in [-0.2, -0.15) is 17.7 Å². The fourth-order valence-electron chi connectivity index (χ4n) is 2.94. The van der Waals surface area contributed by atoms with Gasteiger partial charge in [0.25, 0.3) is 5.56 Å². The lowest BCUT2D eigenvalue weighted by atomic mass is 10.1. The van der Waals surface area contributed by atoms with Crippen LogP contribution in [0.2, 0.25) is 0 Å². The Labute approximate surface area is 161 Å². The van der Waals surface area contributed by atoms with E-state index in [1.54, 1.807) is 48.6 Å². The molecule has 7 nitrogen and oxygen atoms in total. The highest BCUT2D eigenvalue weighted by Crippen LogP contribution is 2.25. The van der Waals surface area contributed by atoms with E-state index in [4.69, 9.17) is 4.42 Å². The molecule has 0 atom stereocenters. The van der Waals surface area contributed by atoms with Crippen LogP contribution in [-0.4, -0.2) is 35.8 Å². The number of rotatable bonds is 4. The van der Waals surface area contributed by atoms with Crippen LogP contribution in [0, 0.1) is 0 Å². The maximum Gasteiger partial charge on any atom is 0.307 e. The lowest BCUT2D eigenvalue weighted by Crippen LogP contribution is -2.28. The molecule has 0 spiro atoms. The molecular weight excluding hydrogens is 378 g/mol. The zero-order valence-electron chi connectivity index (χ0n) is 15.2. The standard InChI is InChI=1S/C20H17N3O4S/c1-22(2)28(25,26)23-13-14(15-7-3-5-9-17(15)23)11-12-19-21-20(24)16-8-4-6-10-18(16)27-19/h3-13H,1-2H3/b12-11+. The summed E-state index contributed by atoms with van der Waals surface area (Å²) in [5.74, 6) is 0.149. The number of aromatic nitrogens is 2. The van der Waals surface area contributed by atoms with Gasteiger partial charge in [0.05, 0.1) is 10.9 Å². The molecule has 2 aromatic heterocycles. The van der Waals surface area contributed by atoms with Crippen LogP contribution in [0.15, 0.2) is 63.9 Å². The van der Waals surface area contributed by atoms with Gasteiger partial charge in [-0.15, -0.1) is 0 Å². The largest absolute Gasteiger partial charge is 0.438 e. The molecule has 2 heterocycles. The minimum Gasteiger partial charge on any atom is -0.438 e. The smallest absolute Gasteiger partial charge is 0.307 e. The van der Waals surface area contributed by atoms with E-state index in [1.807, 2.05) is 12.1 Å². The van der Waals surface area contributed by atoms with E-state index >= 15 is 0 Å². The molecule has 0 amide bonds. The van der Waals surface area contributed by atoms with Gasteiger partial charge in [0, 0.05) is 37.3 Å². The fourth-order valence-corrected chi connectivity index (χ4v) is 3.94. The Morgan fingerprint density at radius 1 is 1.00 bits per heavy atom. The van der Waals surface area contributed by atoms with Crippen LogP contribution in [0.25, 0.3) is 34.0 Å². The number of nitrogens with zero attached hydrogens (tertiary/aromatic N) is 3. The lowest BCUT2D eigenvalue weighted by Gasteiger charge is -2.12. The Bertz CT molecular complexity index is 1380. The molecule has 28 heavy (non-hydrogen) atoms. The normalized spacial score (nSPS) is 12.5. The summed E-state index contributed by atoms with van der Waals surface area (Å²) in [6.45, 7) is 0. The van der Waals surface area contributed by atoms with Crippen molar-refractivity contribution in [3.8, 4) is 0 Å². The molecule has 4 rings (SSSR count). The van der Waals surface area contributed by atoms with Gasteiger partial charge >= 0.3 is 10.2 Å². The minimum absolute atomic E-state index is 0.149. The molecule has 142 valence electrons. The number of hydrogen-bond donors (Lipinski definition) is 0. The molecule has 0 bridgehead atoms. The summed E-state index contributed by atoms with van der Waals surface area (Å²) < 4.78 is 33.3. The summed E-state index contributed by atoms with van der Waals surface area (Å²) in [4.78, 5) is 16.1. The zero-order valence-corrected chi connectivity index (χ0v) is 16.1. The predicted molar refractivity (Wildman–Crippen MR) is 109 cm³/mol. The number of benzene rings is 2. The van der Waals surface area contributed by atoms with Crippen LogP contribution >= 0.6 is 0 Å². The molecule has 0 N–H and O–H groups in total. The van der Waals surface area contributed by atoms with E-state index in [0.29, 0.717) is 22.0 Å². The summed E-state index contributed by atoms with van der Waals surface area (Å²) in [6.07, 6.45) is 4.78. The van der Waals surface area contributed by atoms with Gasteiger partial charge in [-0.25, -0.2) is 3.97 Å². The Kier molecular flexibility index (Phi) is 4.37. The maximum atomic E-state index is 12.6. The summed E-state index contributed by atoms with van der Waals surface area (Å²) in [5.41, 5.74) is 1.29. The van der Waals surface area contributed by atoms with Crippen molar-refractivity contribution in [2.24, 2.45) is 0 Å². The fraction of sp³-hybridized carbons (Fsp3) is 0.100. The molecule has 0 aliphatic heterocycles. The molecule has 4 aromatic rings. The molecule has 8 heteroatoms. The average molecular weight is 395 g/mol. The Balaban J connectivity index is 1.84. The zero-order chi connectivity index (χ0) is 19.9. The van der Waals surface area contributed by atoms with Gasteiger partial charge in [-0.3, -0.25) is 4.79 Å². The average Bonchev–Trinajstić information content (AvgIpc) is 3.06. The first-order chi connectivity index (χ1) is 13.4. The van der Waals surface area contributed by atoms with Crippen LogP contribution in [0.5, 0.6) is 0 Å². The first-order valence-electron chi connectivity index (χ1n) is 8.49. The summed E-state index contributed by atoms with van der Waals surface area (Å²) in [5, 5.41) is 1.17. The molecule has 0 saturated carbocycles. The Morgan fingerprint density at radius 2 is 1.68 bits per heavy atom. The second kappa shape index (κ2) is 6.74. The predicted octanol–water partition coefficient (Wildman–Crippen LogP) is 2.97. The van der Waals surface area contributed by atoms with Crippen molar-refractivity contribution in [1.29, 1.82) is 0 Å². The van der Waals surface area contributed by atoms with Crippen LogP contribution in [0.3, 0.4) is 0 Å². The minimum atomic E-state index is -3.67. The highest BCUT2D eigenvalue weighted by molar-refractivity contribution is 7.87. The van der Waals surface area contributed by atoms with E-state index in [-0.39, 0.29) is 11.4 Å². The molecule has 0 aliphatic carbocycles. The van der Waals surface area contributed by atoms with Crippen molar-refractivity contribution in [3.05, 3.63) is 76.5 Å². The topological polar surface area (TPSA) is 85.4 Å². The van der Waals surface area contributed by atoms with Gasteiger partial charge in [-0.1, -0.05) is 30.3 Å². The summed E-state index contributed by atoms with van der Waals surface area (Å²) >= 11 is 0. The molecule has 0 unspecified atom stereocenters. The van der Waals surface area contributed by atoms with E-state index in [0.717, 1.165) is 9.69 Å². The highest BCUT2D eigenvalue weighted by Gasteiger charge is 2.20. The van der Waals surface area contributed by atoms with Crippen LogP contribution < -0.4 is 5.56 Å². The third kappa shape index (κ3) is 3.02. The van der Waals surface area contributed by atoms with E-state index in [9.17, 15) is 13.2 Å². The van der Waals surface area contributed by atoms with Gasteiger partial charge < -0.3 is 4.42 Å². The number of hydrogen-bond acceptors (Lipinski definition) is 5. The number of fused-ring (bicyclic) bond motifs is 2.